The van der Waals surface area contributed by atoms with Crippen molar-refractivity contribution in [1.82, 2.24) is 5.32 Å². The summed E-state index contributed by atoms with van der Waals surface area (Å²) in [5.41, 5.74) is 1.72. The van der Waals surface area contributed by atoms with E-state index in [0.29, 0.717) is 34.5 Å². The van der Waals surface area contributed by atoms with Crippen LogP contribution in [0.5, 0.6) is 0 Å². The molecule has 0 bridgehead atoms. The lowest BCUT2D eigenvalue weighted by Gasteiger charge is -2.05. The van der Waals surface area contributed by atoms with Gasteiger partial charge in [0.15, 0.2) is 0 Å². The summed E-state index contributed by atoms with van der Waals surface area (Å²) in [6.45, 7) is 1.13. The maximum Gasteiger partial charge on any atom is 0.335 e. The maximum atomic E-state index is 11.1. The van der Waals surface area contributed by atoms with Crippen LogP contribution in [0.2, 0.25) is 10.0 Å². The largest absolute Gasteiger partial charge is 0.478 e. The predicted octanol–water partition coefficient (Wildman–Crippen LogP) is 5.24. The Bertz CT molecular complexity index is 905. The first-order chi connectivity index (χ1) is 12.0. The Kier molecular flexibility index (Phi) is 5.43. The Morgan fingerprint density at radius 2 is 1.80 bits per heavy atom. The maximum absolute atomic E-state index is 11.1. The number of furan rings is 1. The van der Waals surface area contributed by atoms with Crippen molar-refractivity contribution < 1.29 is 14.3 Å². The van der Waals surface area contributed by atoms with Gasteiger partial charge in [0.1, 0.15) is 11.5 Å². The standard InChI is InChI=1S/C19H15Cl2NO3/c20-16-4-2-1-3-13(16)10-22-11-14-6-8-18(25-14)15-9-12(19(23)24)5-7-17(15)21/h1-9,22H,10-11H2,(H,23,24). The summed E-state index contributed by atoms with van der Waals surface area (Å²) in [5, 5.41) is 13.5. The van der Waals surface area contributed by atoms with E-state index in [0.717, 1.165) is 11.3 Å². The summed E-state index contributed by atoms with van der Waals surface area (Å²) in [5.74, 6) is 0.243. The molecule has 1 aromatic heterocycles. The van der Waals surface area contributed by atoms with E-state index in [2.05, 4.69) is 5.32 Å². The first-order valence-electron chi connectivity index (χ1n) is 7.60. The van der Waals surface area contributed by atoms with Crippen LogP contribution in [0.25, 0.3) is 11.3 Å². The Balaban J connectivity index is 1.70. The molecule has 2 N–H and O–H groups in total. The number of hydrogen-bond donors (Lipinski definition) is 2. The number of carbonyl (C=O) groups is 1. The predicted molar refractivity (Wildman–Crippen MR) is 98.1 cm³/mol. The van der Waals surface area contributed by atoms with Gasteiger partial charge in [-0.05, 0) is 42.0 Å². The van der Waals surface area contributed by atoms with Gasteiger partial charge in [0, 0.05) is 17.1 Å². The zero-order valence-corrected chi connectivity index (χ0v) is 14.6. The SMILES string of the molecule is O=C(O)c1ccc(Cl)c(-c2ccc(CNCc3ccccc3Cl)o2)c1. The monoisotopic (exact) mass is 375 g/mol. The van der Waals surface area contributed by atoms with Crippen molar-refractivity contribution in [2.24, 2.45) is 0 Å². The molecule has 0 aliphatic heterocycles. The van der Waals surface area contributed by atoms with E-state index in [1.165, 1.54) is 12.1 Å². The van der Waals surface area contributed by atoms with Gasteiger partial charge >= 0.3 is 5.97 Å². The smallest absolute Gasteiger partial charge is 0.335 e. The molecule has 0 amide bonds. The molecule has 25 heavy (non-hydrogen) atoms. The number of nitrogens with one attached hydrogen (secondary N) is 1. The molecule has 0 fully saturated rings. The minimum Gasteiger partial charge on any atom is -0.478 e. The van der Waals surface area contributed by atoms with Crippen molar-refractivity contribution in [2.75, 3.05) is 0 Å². The van der Waals surface area contributed by atoms with Gasteiger partial charge in [-0.15, -0.1) is 0 Å². The summed E-state index contributed by atoms with van der Waals surface area (Å²) in [7, 11) is 0. The number of carboxylic acid groups (broad SMARTS) is 1. The molecule has 0 radical (unpaired) electrons. The van der Waals surface area contributed by atoms with Crippen LogP contribution in [-0.4, -0.2) is 11.1 Å². The molecular weight excluding hydrogens is 361 g/mol. The Morgan fingerprint density at radius 1 is 1.00 bits per heavy atom. The van der Waals surface area contributed by atoms with Crippen molar-refractivity contribution in [3.05, 3.63) is 81.5 Å². The Morgan fingerprint density at radius 3 is 2.56 bits per heavy atom. The lowest BCUT2D eigenvalue weighted by molar-refractivity contribution is 0.0697. The van der Waals surface area contributed by atoms with E-state index in [1.54, 1.807) is 12.1 Å². The summed E-state index contributed by atoms with van der Waals surface area (Å²) in [6.07, 6.45) is 0. The van der Waals surface area contributed by atoms with Crippen LogP contribution in [0.3, 0.4) is 0 Å². The van der Waals surface area contributed by atoms with E-state index in [-0.39, 0.29) is 5.56 Å². The van der Waals surface area contributed by atoms with Crippen LogP contribution < -0.4 is 5.32 Å². The normalized spacial score (nSPS) is 10.8. The zero-order valence-electron chi connectivity index (χ0n) is 13.1. The fourth-order valence-electron chi connectivity index (χ4n) is 2.43. The fraction of sp³-hybridized carbons (Fsp3) is 0.105. The van der Waals surface area contributed by atoms with Gasteiger partial charge in [0.05, 0.1) is 17.1 Å². The van der Waals surface area contributed by atoms with Gasteiger partial charge in [-0.1, -0.05) is 41.4 Å². The number of halogens is 2. The third kappa shape index (κ3) is 4.23. The van der Waals surface area contributed by atoms with Crippen molar-refractivity contribution in [2.45, 2.75) is 13.1 Å². The first kappa shape index (κ1) is 17.5. The number of rotatable bonds is 6. The van der Waals surface area contributed by atoms with Crippen LogP contribution >= 0.6 is 23.2 Å². The van der Waals surface area contributed by atoms with E-state index < -0.39 is 5.97 Å². The molecule has 3 rings (SSSR count). The van der Waals surface area contributed by atoms with Crippen LogP contribution in [0.15, 0.2) is 59.0 Å². The van der Waals surface area contributed by atoms with Gasteiger partial charge in [-0.3, -0.25) is 0 Å². The minimum atomic E-state index is -1.01. The molecular formula is C19H15Cl2NO3. The molecule has 1 heterocycles. The van der Waals surface area contributed by atoms with Gasteiger partial charge in [-0.2, -0.15) is 0 Å². The second-order valence-corrected chi connectivity index (χ2v) is 6.28. The molecule has 0 aliphatic rings. The van der Waals surface area contributed by atoms with E-state index in [9.17, 15) is 4.79 Å². The highest BCUT2D eigenvalue weighted by Crippen LogP contribution is 2.30. The number of benzene rings is 2. The molecule has 0 saturated heterocycles. The van der Waals surface area contributed by atoms with Crippen LogP contribution in [-0.2, 0) is 13.1 Å². The molecule has 4 nitrogen and oxygen atoms in total. The molecule has 0 spiro atoms. The van der Waals surface area contributed by atoms with Gasteiger partial charge in [-0.25, -0.2) is 4.79 Å². The molecule has 6 heteroatoms. The Hall–Kier alpha value is -2.27. The highest BCUT2D eigenvalue weighted by atomic mass is 35.5. The number of hydrogen-bond acceptors (Lipinski definition) is 3. The second kappa shape index (κ2) is 7.74. The molecule has 0 saturated carbocycles. The molecule has 0 unspecified atom stereocenters. The molecule has 2 aromatic carbocycles. The first-order valence-corrected chi connectivity index (χ1v) is 8.36. The zero-order chi connectivity index (χ0) is 17.8. The highest BCUT2D eigenvalue weighted by molar-refractivity contribution is 6.33. The number of aromatic carboxylic acids is 1. The lowest BCUT2D eigenvalue weighted by Crippen LogP contribution is -2.12. The van der Waals surface area contributed by atoms with Crippen molar-refractivity contribution in [3.63, 3.8) is 0 Å². The van der Waals surface area contributed by atoms with Gasteiger partial charge in [0.2, 0.25) is 0 Å². The third-order valence-electron chi connectivity index (χ3n) is 3.71. The lowest BCUT2D eigenvalue weighted by atomic mass is 10.1. The van der Waals surface area contributed by atoms with Crippen molar-refractivity contribution in [1.29, 1.82) is 0 Å². The topological polar surface area (TPSA) is 62.5 Å². The molecule has 128 valence electrons. The minimum absolute atomic E-state index is 0.161. The van der Waals surface area contributed by atoms with Crippen molar-refractivity contribution in [3.8, 4) is 11.3 Å². The van der Waals surface area contributed by atoms with Crippen LogP contribution in [0.4, 0.5) is 0 Å². The van der Waals surface area contributed by atoms with Crippen LogP contribution in [0.1, 0.15) is 21.7 Å². The number of carboxylic acids is 1. The fourth-order valence-corrected chi connectivity index (χ4v) is 2.84. The second-order valence-electron chi connectivity index (χ2n) is 5.46. The molecule has 3 aromatic rings. The third-order valence-corrected chi connectivity index (χ3v) is 4.41. The van der Waals surface area contributed by atoms with E-state index in [4.69, 9.17) is 32.7 Å². The molecule has 0 aliphatic carbocycles. The quantitative estimate of drug-likeness (QED) is 0.618. The average molecular weight is 376 g/mol. The Labute approximate surface area is 155 Å². The summed E-state index contributed by atoms with van der Waals surface area (Å²) in [4.78, 5) is 11.1. The van der Waals surface area contributed by atoms with E-state index in [1.807, 2.05) is 30.3 Å². The van der Waals surface area contributed by atoms with E-state index >= 15 is 0 Å². The summed E-state index contributed by atoms with van der Waals surface area (Å²) < 4.78 is 5.78. The molecule has 0 atom stereocenters. The summed E-state index contributed by atoms with van der Waals surface area (Å²) in [6, 6.07) is 15.8. The van der Waals surface area contributed by atoms with Gasteiger partial charge in [0.25, 0.3) is 0 Å². The average Bonchev–Trinajstić information content (AvgIpc) is 3.05. The van der Waals surface area contributed by atoms with Crippen molar-refractivity contribution >= 4 is 29.2 Å². The van der Waals surface area contributed by atoms with Crippen LogP contribution in [0, 0.1) is 0 Å². The van der Waals surface area contributed by atoms with Gasteiger partial charge < -0.3 is 14.8 Å². The summed E-state index contributed by atoms with van der Waals surface area (Å²) >= 11 is 12.3. The highest BCUT2D eigenvalue weighted by Gasteiger charge is 2.12.